The zero-order valence-corrected chi connectivity index (χ0v) is 9.96. The Hall–Kier alpha value is -1.23. The van der Waals surface area contributed by atoms with Gasteiger partial charge in [0.2, 0.25) is 0 Å². The van der Waals surface area contributed by atoms with Crippen molar-refractivity contribution in [1.29, 1.82) is 0 Å². The van der Waals surface area contributed by atoms with Gasteiger partial charge >= 0.3 is 0 Å². The molecule has 2 rings (SSSR count). The Balaban J connectivity index is 2.39. The van der Waals surface area contributed by atoms with Gasteiger partial charge in [-0.15, -0.1) is 0 Å². The van der Waals surface area contributed by atoms with Crippen LogP contribution < -0.4 is 4.90 Å². The Labute approximate surface area is 100 Å². The molecule has 0 aromatic heterocycles. The van der Waals surface area contributed by atoms with Crippen molar-refractivity contribution in [2.45, 2.75) is 6.42 Å². The van der Waals surface area contributed by atoms with Gasteiger partial charge in [0.05, 0.1) is 11.3 Å². The van der Waals surface area contributed by atoms with Crippen LogP contribution in [-0.2, 0) is 4.79 Å². The number of anilines is 1. The number of hydrogen-bond donors (Lipinski definition) is 0. The molecule has 1 aliphatic heterocycles. The predicted molar refractivity (Wildman–Crippen MR) is 61.5 cm³/mol. The molecule has 1 aliphatic rings. The van der Waals surface area contributed by atoms with E-state index in [9.17, 15) is 14.0 Å². The van der Waals surface area contributed by atoms with Gasteiger partial charge in [0.25, 0.3) is 11.7 Å². The summed E-state index contributed by atoms with van der Waals surface area (Å²) in [5, 5.41) is 0.732. The van der Waals surface area contributed by atoms with E-state index in [1.54, 1.807) is 0 Å². The second-order valence-electron chi connectivity index (χ2n) is 3.49. The molecule has 84 valence electrons. The van der Waals surface area contributed by atoms with Crippen molar-refractivity contribution in [3.8, 4) is 0 Å². The third-order valence-electron chi connectivity index (χ3n) is 2.45. The molecule has 1 aromatic carbocycles. The maximum atomic E-state index is 13.1. The van der Waals surface area contributed by atoms with Gasteiger partial charge in [-0.3, -0.25) is 9.59 Å². The molecule has 5 heteroatoms. The summed E-state index contributed by atoms with van der Waals surface area (Å²) in [6.45, 7) is 0.423. The first-order valence-corrected chi connectivity index (χ1v) is 5.99. The van der Waals surface area contributed by atoms with E-state index in [0.29, 0.717) is 17.8 Å². The minimum absolute atomic E-state index is 0.293. The van der Waals surface area contributed by atoms with E-state index in [4.69, 9.17) is 0 Å². The summed E-state index contributed by atoms with van der Waals surface area (Å²) in [6, 6.07) is 3.78. The fraction of sp³-hybridized carbons (Fsp3) is 0.273. The summed E-state index contributed by atoms with van der Waals surface area (Å²) in [5.74, 6) is -1.56. The van der Waals surface area contributed by atoms with E-state index in [0.717, 1.165) is 11.8 Å². The first-order chi connectivity index (χ1) is 7.65. The summed E-state index contributed by atoms with van der Waals surface area (Å²) >= 11 is 3.25. The van der Waals surface area contributed by atoms with Crippen LogP contribution in [0.3, 0.4) is 0 Å². The highest BCUT2D eigenvalue weighted by Gasteiger charge is 2.35. The van der Waals surface area contributed by atoms with Crippen molar-refractivity contribution in [3.05, 3.63) is 29.6 Å². The lowest BCUT2D eigenvalue weighted by atomic mass is 10.1. The lowest BCUT2D eigenvalue weighted by Gasteiger charge is -2.15. The van der Waals surface area contributed by atoms with E-state index in [-0.39, 0.29) is 0 Å². The van der Waals surface area contributed by atoms with Crippen LogP contribution >= 0.6 is 15.9 Å². The van der Waals surface area contributed by atoms with Crippen LogP contribution in [0.25, 0.3) is 0 Å². The quantitative estimate of drug-likeness (QED) is 0.630. The van der Waals surface area contributed by atoms with E-state index in [1.165, 1.54) is 23.1 Å². The van der Waals surface area contributed by atoms with Gasteiger partial charge in [-0.05, 0) is 24.6 Å². The Morgan fingerprint density at radius 1 is 1.31 bits per heavy atom. The number of hydrogen-bond acceptors (Lipinski definition) is 2. The summed E-state index contributed by atoms with van der Waals surface area (Å²) in [4.78, 5) is 24.5. The van der Waals surface area contributed by atoms with Crippen molar-refractivity contribution in [3.63, 3.8) is 0 Å². The molecule has 1 heterocycles. The molecule has 0 aliphatic carbocycles. The normalized spacial score (nSPS) is 14.5. The molecular weight excluding hydrogens is 277 g/mol. The second-order valence-corrected chi connectivity index (χ2v) is 4.28. The second kappa shape index (κ2) is 4.33. The Morgan fingerprint density at radius 2 is 2.06 bits per heavy atom. The lowest BCUT2D eigenvalue weighted by molar-refractivity contribution is -0.114. The van der Waals surface area contributed by atoms with Crippen molar-refractivity contribution >= 4 is 33.3 Å². The Morgan fingerprint density at radius 3 is 2.75 bits per heavy atom. The number of ketones is 1. The number of halogens is 2. The topological polar surface area (TPSA) is 37.4 Å². The standard InChI is InChI=1S/C11H9BrFNO2/c12-4-1-5-14-9-6-7(13)2-3-8(9)10(15)11(14)16/h2-3,6H,1,4-5H2. The highest BCUT2D eigenvalue weighted by Crippen LogP contribution is 2.29. The van der Waals surface area contributed by atoms with Crippen molar-refractivity contribution in [2.24, 2.45) is 0 Å². The smallest absolute Gasteiger partial charge is 0.299 e. The highest BCUT2D eigenvalue weighted by atomic mass is 79.9. The molecule has 0 fully saturated rings. The minimum atomic E-state index is -0.568. The number of nitrogens with zero attached hydrogens (tertiary/aromatic N) is 1. The van der Waals surface area contributed by atoms with Gasteiger partial charge in [0.1, 0.15) is 5.82 Å². The number of rotatable bonds is 3. The highest BCUT2D eigenvalue weighted by molar-refractivity contribution is 9.09. The number of carbonyl (C=O) groups excluding carboxylic acids is 2. The number of Topliss-reactive ketones (excluding diaryl/α,β-unsaturated/α-hetero) is 1. The minimum Gasteiger partial charge on any atom is -0.305 e. The third-order valence-corrected chi connectivity index (χ3v) is 3.01. The fourth-order valence-corrected chi connectivity index (χ4v) is 1.96. The van der Waals surface area contributed by atoms with Gasteiger partial charge in [0.15, 0.2) is 0 Å². The van der Waals surface area contributed by atoms with E-state index < -0.39 is 17.5 Å². The molecule has 0 radical (unpaired) electrons. The number of alkyl halides is 1. The molecule has 1 amide bonds. The summed E-state index contributed by atoms with van der Waals surface area (Å²) in [5.41, 5.74) is 0.678. The molecule has 0 spiro atoms. The molecule has 0 saturated carbocycles. The zero-order chi connectivity index (χ0) is 11.7. The van der Waals surface area contributed by atoms with Crippen LogP contribution in [0.15, 0.2) is 18.2 Å². The molecule has 16 heavy (non-hydrogen) atoms. The molecule has 1 aromatic rings. The molecule has 0 unspecified atom stereocenters. The van der Waals surface area contributed by atoms with Gasteiger partial charge < -0.3 is 4.90 Å². The van der Waals surface area contributed by atoms with Gasteiger partial charge in [-0.2, -0.15) is 0 Å². The van der Waals surface area contributed by atoms with E-state index in [1.807, 2.05) is 0 Å². The molecule has 0 atom stereocenters. The van der Waals surface area contributed by atoms with Gasteiger partial charge in [-0.25, -0.2) is 4.39 Å². The van der Waals surface area contributed by atoms with Crippen molar-refractivity contribution < 1.29 is 14.0 Å². The molecule has 0 N–H and O–H groups in total. The number of amides is 1. The predicted octanol–water partition coefficient (Wildman–Crippen LogP) is 2.14. The molecule has 0 saturated heterocycles. The summed E-state index contributed by atoms with van der Waals surface area (Å²) < 4.78 is 13.1. The van der Waals surface area contributed by atoms with E-state index >= 15 is 0 Å². The first-order valence-electron chi connectivity index (χ1n) is 4.87. The molecule has 3 nitrogen and oxygen atoms in total. The zero-order valence-electron chi connectivity index (χ0n) is 8.37. The Bertz CT molecular complexity index is 461. The average molecular weight is 286 g/mol. The number of carbonyl (C=O) groups is 2. The number of fused-ring (bicyclic) bond motifs is 1. The summed E-state index contributed by atoms with van der Waals surface area (Å²) in [6.07, 6.45) is 0.717. The van der Waals surface area contributed by atoms with Crippen molar-refractivity contribution in [2.75, 3.05) is 16.8 Å². The first kappa shape index (κ1) is 11.3. The lowest BCUT2D eigenvalue weighted by Crippen LogP contribution is -2.30. The average Bonchev–Trinajstić information content (AvgIpc) is 2.50. The Kier molecular flexibility index (Phi) is 3.05. The molecular formula is C11H9BrFNO2. The monoisotopic (exact) mass is 285 g/mol. The number of benzene rings is 1. The van der Waals surface area contributed by atoms with E-state index in [2.05, 4.69) is 15.9 Å². The van der Waals surface area contributed by atoms with Crippen LogP contribution in [-0.4, -0.2) is 23.6 Å². The maximum Gasteiger partial charge on any atom is 0.299 e. The fourth-order valence-electron chi connectivity index (χ4n) is 1.71. The van der Waals surface area contributed by atoms with Gasteiger partial charge in [-0.1, -0.05) is 15.9 Å². The van der Waals surface area contributed by atoms with Crippen molar-refractivity contribution in [1.82, 2.24) is 0 Å². The largest absolute Gasteiger partial charge is 0.305 e. The summed E-state index contributed by atoms with van der Waals surface area (Å²) in [7, 11) is 0. The third kappa shape index (κ3) is 1.75. The van der Waals surface area contributed by atoms with Crippen LogP contribution in [0.2, 0.25) is 0 Å². The maximum absolute atomic E-state index is 13.1. The van der Waals surface area contributed by atoms with Crippen LogP contribution in [0, 0.1) is 5.82 Å². The van der Waals surface area contributed by atoms with Gasteiger partial charge in [0, 0.05) is 11.9 Å². The van der Waals surface area contributed by atoms with Crippen LogP contribution in [0.1, 0.15) is 16.8 Å². The SMILES string of the molecule is O=C1C(=O)N(CCCBr)c2cc(F)ccc21. The van der Waals surface area contributed by atoms with Crippen LogP contribution in [0.4, 0.5) is 10.1 Å². The molecule has 0 bridgehead atoms. The van der Waals surface area contributed by atoms with Crippen LogP contribution in [0.5, 0.6) is 0 Å².